The molecule has 2 aliphatic heterocycles. The number of thiophene rings is 1. The van der Waals surface area contributed by atoms with Crippen molar-refractivity contribution in [2.75, 3.05) is 44.7 Å². The second kappa shape index (κ2) is 10.7. The maximum Gasteiger partial charge on any atom is 0.281 e. The maximum atomic E-state index is 13.7. The van der Waals surface area contributed by atoms with Crippen molar-refractivity contribution in [3.05, 3.63) is 63.3 Å². The van der Waals surface area contributed by atoms with E-state index in [9.17, 15) is 18.0 Å². The summed E-state index contributed by atoms with van der Waals surface area (Å²) in [5.41, 5.74) is 3.21. The lowest BCUT2D eigenvalue weighted by Gasteiger charge is -2.26. The van der Waals surface area contributed by atoms with Crippen LogP contribution in [0.3, 0.4) is 0 Å². The molecule has 1 saturated heterocycles. The number of hydrogen-bond acceptors (Lipinski definition) is 8. The van der Waals surface area contributed by atoms with Crippen LogP contribution in [0.1, 0.15) is 49.5 Å². The van der Waals surface area contributed by atoms with Crippen LogP contribution < -0.4 is 5.32 Å². The highest BCUT2D eigenvalue weighted by molar-refractivity contribution is 7.89. The number of rotatable bonds is 6. The molecule has 4 heterocycles. The Hall–Kier alpha value is -2.90. The summed E-state index contributed by atoms with van der Waals surface area (Å²) in [6.45, 7) is 9.56. The third-order valence-electron chi connectivity index (χ3n) is 6.95. The summed E-state index contributed by atoms with van der Waals surface area (Å²) in [6, 6.07) is 7.73. The predicted octanol–water partition coefficient (Wildman–Crippen LogP) is 2.90. The lowest BCUT2D eigenvalue weighted by atomic mass is 10.0. The topological polar surface area (TPSA) is 114 Å². The van der Waals surface area contributed by atoms with Crippen LogP contribution in [0.25, 0.3) is 0 Å². The normalized spacial score (nSPS) is 16.8. The molecule has 0 aliphatic carbocycles. The molecule has 0 spiro atoms. The highest BCUT2D eigenvalue weighted by atomic mass is 32.2. The number of likely N-dealkylation sites (N-methyl/N-ethyl adjacent to an activating group) is 1. The molecule has 2 aliphatic rings. The van der Waals surface area contributed by atoms with Crippen LogP contribution >= 0.6 is 11.3 Å². The third kappa shape index (κ3) is 5.06. The first-order valence-corrected chi connectivity index (χ1v) is 14.9. The number of nitrogens with zero attached hydrogens (tertiary/aromatic N) is 4. The minimum absolute atomic E-state index is 0.127. The fraction of sp³-hybridized carbons (Fsp3) is 0.423. The first-order valence-electron chi connectivity index (χ1n) is 12.6. The Morgan fingerprint density at radius 2 is 1.82 bits per heavy atom. The number of sulfonamides is 1. The quantitative estimate of drug-likeness (QED) is 0.496. The Kier molecular flexibility index (Phi) is 7.51. The van der Waals surface area contributed by atoms with E-state index in [0.29, 0.717) is 48.9 Å². The number of nitrogens with one attached hydrogen (secondary N) is 1. The predicted molar refractivity (Wildman–Crippen MR) is 144 cm³/mol. The van der Waals surface area contributed by atoms with E-state index in [1.807, 2.05) is 19.9 Å². The van der Waals surface area contributed by atoms with Gasteiger partial charge in [0.05, 0.1) is 29.4 Å². The van der Waals surface area contributed by atoms with Gasteiger partial charge < -0.3 is 10.1 Å². The van der Waals surface area contributed by atoms with Crippen LogP contribution in [0.2, 0.25) is 0 Å². The fourth-order valence-electron chi connectivity index (χ4n) is 4.87. The maximum absolute atomic E-state index is 13.7. The molecule has 0 unspecified atom stereocenters. The number of anilines is 1. The van der Waals surface area contributed by atoms with E-state index >= 15 is 0 Å². The Balaban J connectivity index is 1.43. The standard InChI is InChI=1S/C26H31N5O5S2/c1-4-29-10-9-21-22(16-29)37-25(23(21)26(33)31-18(3)15-17(2)28-31)27-24(32)19-5-7-20(8-6-19)38(34,35)30-11-13-36-14-12-30/h5-8,15H,4,9-14,16H2,1-3H3,(H,27,32). The van der Waals surface area contributed by atoms with E-state index in [0.717, 1.165) is 41.5 Å². The SMILES string of the molecule is CCN1CCc2c(sc(NC(=O)c3ccc(S(=O)(=O)N4CCOCC4)cc3)c2C(=O)n2nc(C)cc2C)C1. The first-order chi connectivity index (χ1) is 18.2. The summed E-state index contributed by atoms with van der Waals surface area (Å²) < 4.78 is 33.9. The van der Waals surface area contributed by atoms with Crippen LogP contribution in [0.15, 0.2) is 35.2 Å². The number of morpholine rings is 1. The van der Waals surface area contributed by atoms with Gasteiger partial charge in [-0.3, -0.25) is 14.5 Å². The molecule has 1 fully saturated rings. The summed E-state index contributed by atoms with van der Waals surface area (Å²) in [5, 5.41) is 7.80. The largest absolute Gasteiger partial charge is 0.379 e. The molecule has 1 aromatic carbocycles. The number of carbonyl (C=O) groups excluding carboxylic acids is 2. The molecule has 0 radical (unpaired) electrons. The summed E-state index contributed by atoms with van der Waals surface area (Å²) in [7, 11) is -3.66. The number of benzene rings is 1. The molecule has 0 atom stereocenters. The molecule has 0 saturated carbocycles. The van der Waals surface area contributed by atoms with Gasteiger partial charge in [-0.15, -0.1) is 11.3 Å². The Morgan fingerprint density at radius 1 is 1.11 bits per heavy atom. The molecule has 2 aromatic heterocycles. The lowest BCUT2D eigenvalue weighted by Crippen LogP contribution is -2.40. The van der Waals surface area contributed by atoms with Gasteiger partial charge >= 0.3 is 0 Å². The lowest BCUT2D eigenvalue weighted by molar-refractivity contribution is 0.0730. The van der Waals surface area contributed by atoms with Gasteiger partial charge in [0.2, 0.25) is 10.0 Å². The summed E-state index contributed by atoms with van der Waals surface area (Å²) in [4.78, 5) is 30.4. The van der Waals surface area contributed by atoms with Crippen molar-refractivity contribution in [2.24, 2.45) is 0 Å². The number of hydrogen-bond donors (Lipinski definition) is 1. The minimum atomic E-state index is -3.66. The van der Waals surface area contributed by atoms with Gasteiger partial charge in [0.25, 0.3) is 11.8 Å². The summed E-state index contributed by atoms with van der Waals surface area (Å²) >= 11 is 1.42. The number of ether oxygens (including phenoxy) is 1. The Morgan fingerprint density at radius 3 is 2.45 bits per heavy atom. The van der Waals surface area contributed by atoms with Gasteiger partial charge in [0.1, 0.15) is 5.00 Å². The van der Waals surface area contributed by atoms with E-state index in [-0.39, 0.29) is 10.8 Å². The fourth-order valence-corrected chi connectivity index (χ4v) is 7.56. The number of carbonyl (C=O) groups is 2. The number of aromatic nitrogens is 2. The van der Waals surface area contributed by atoms with Gasteiger partial charge in [-0.05, 0) is 62.7 Å². The molecule has 12 heteroatoms. The van der Waals surface area contributed by atoms with Gasteiger partial charge in [0, 0.05) is 42.3 Å². The Bertz CT molecular complexity index is 1470. The van der Waals surface area contributed by atoms with Crippen LogP contribution in [-0.4, -0.2) is 78.6 Å². The van der Waals surface area contributed by atoms with Crippen LogP contribution in [0.5, 0.6) is 0 Å². The second-order valence-corrected chi connectivity index (χ2v) is 12.5. The zero-order chi connectivity index (χ0) is 27.0. The molecular weight excluding hydrogens is 526 g/mol. The van der Waals surface area contributed by atoms with Gasteiger partial charge in [0.15, 0.2) is 0 Å². The molecule has 1 N–H and O–H groups in total. The van der Waals surface area contributed by atoms with Crippen LogP contribution in [-0.2, 0) is 27.7 Å². The van der Waals surface area contributed by atoms with Crippen LogP contribution in [0, 0.1) is 13.8 Å². The number of amides is 1. The molecule has 3 aromatic rings. The van der Waals surface area contributed by atoms with Gasteiger partial charge in [-0.1, -0.05) is 6.92 Å². The highest BCUT2D eigenvalue weighted by Crippen LogP contribution is 2.38. The van der Waals surface area contributed by atoms with E-state index < -0.39 is 15.9 Å². The van der Waals surface area contributed by atoms with E-state index in [4.69, 9.17) is 4.74 Å². The van der Waals surface area contributed by atoms with Crippen molar-refractivity contribution in [3.63, 3.8) is 0 Å². The van der Waals surface area contributed by atoms with E-state index in [1.54, 1.807) is 0 Å². The monoisotopic (exact) mass is 557 g/mol. The number of aryl methyl sites for hydroxylation is 2. The first kappa shape index (κ1) is 26.7. The van der Waals surface area contributed by atoms with Crippen molar-refractivity contribution in [3.8, 4) is 0 Å². The van der Waals surface area contributed by atoms with Crippen molar-refractivity contribution < 1.29 is 22.7 Å². The Labute approximate surface area is 226 Å². The third-order valence-corrected chi connectivity index (χ3v) is 10.00. The molecule has 1 amide bonds. The average Bonchev–Trinajstić information content (AvgIpc) is 3.46. The van der Waals surface area contributed by atoms with E-state index in [1.165, 1.54) is 44.6 Å². The second-order valence-electron chi connectivity index (χ2n) is 9.47. The molecule has 10 nitrogen and oxygen atoms in total. The van der Waals surface area contributed by atoms with Crippen molar-refractivity contribution >= 4 is 38.2 Å². The van der Waals surface area contributed by atoms with Crippen LogP contribution in [0.4, 0.5) is 5.00 Å². The smallest absolute Gasteiger partial charge is 0.281 e. The average molecular weight is 558 g/mol. The van der Waals surface area contributed by atoms with Crippen molar-refractivity contribution in [1.82, 2.24) is 19.0 Å². The van der Waals surface area contributed by atoms with Gasteiger partial charge in [-0.25, -0.2) is 13.1 Å². The van der Waals surface area contributed by atoms with E-state index in [2.05, 4.69) is 22.2 Å². The summed E-state index contributed by atoms with van der Waals surface area (Å²) in [5.74, 6) is -0.672. The molecule has 38 heavy (non-hydrogen) atoms. The number of fused-ring (bicyclic) bond motifs is 1. The van der Waals surface area contributed by atoms with Gasteiger partial charge in [-0.2, -0.15) is 9.40 Å². The zero-order valence-corrected chi connectivity index (χ0v) is 23.3. The van der Waals surface area contributed by atoms with Crippen molar-refractivity contribution in [2.45, 2.75) is 38.6 Å². The summed E-state index contributed by atoms with van der Waals surface area (Å²) in [6.07, 6.45) is 0.712. The van der Waals surface area contributed by atoms with Crippen molar-refractivity contribution in [1.29, 1.82) is 0 Å². The highest BCUT2D eigenvalue weighted by Gasteiger charge is 2.31. The molecule has 0 bridgehead atoms. The zero-order valence-electron chi connectivity index (χ0n) is 21.7. The molecule has 202 valence electrons. The molecule has 5 rings (SSSR count). The minimum Gasteiger partial charge on any atom is -0.379 e. The molecular formula is C26H31N5O5S2.